The van der Waals surface area contributed by atoms with Crippen LogP contribution in [-0.4, -0.2) is 128 Å². The maximum absolute atomic E-state index is 14.3. The van der Waals surface area contributed by atoms with Crippen molar-refractivity contribution in [2.75, 3.05) is 45.2 Å². The van der Waals surface area contributed by atoms with Crippen LogP contribution in [0.4, 0.5) is 5.95 Å². The zero-order valence-electron chi connectivity index (χ0n) is 43.3. The van der Waals surface area contributed by atoms with E-state index in [1.54, 1.807) is 36.6 Å². The first kappa shape index (κ1) is 53.6. The van der Waals surface area contributed by atoms with Crippen LogP contribution in [0.15, 0.2) is 84.0 Å². The van der Waals surface area contributed by atoms with E-state index >= 15 is 0 Å². The summed E-state index contributed by atoms with van der Waals surface area (Å²) in [6, 6.07) is 13.4. The molecule has 3 fully saturated rings. The zero-order chi connectivity index (χ0) is 51.9. The molecule has 2 aliphatic heterocycles. The molecule has 5 atom stereocenters. The number of anilines is 1. The summed E-state index contributed by atoms with van der Waals surface area (Å²) in [5.41, 5.74) is 19.9. The summed E-state index contributed by atoms with van der Waals surface area (Å²) in [6.07, 6.45) is 9.01. The number of thiazole rings is 1. The number of aromatic nitrogens is 3. The molecule has 0 spiro atoms. The lowest BCUT2D eigenvalue weighted by Crippen LogP contribution is -2.58. The van der Waals surface area contributed by atoms with Crippen LogP contribution in [0.3, 0.4) is 0 Å². The van der Waals surface area contributed by atoms with E-state index in [1.807, 2.05) is 82.0 Å². The molecule has 3 amide bonds. The van der Waals surface area contributed by atoms with E-state index in [-0.39, 0.29) is 61.0 Å². The Morgan fingerprint density at radius 3 is 2.28 bits per heavy atom. The van der Waals surface area contributed by atoms with Crippen molar-refractivity contribution in [2.45, 2.75) is 123 Å². The SMILES string of the molecule is CCC1CN(C(/C=C(\N)c2ccccc2O)=C(\N)NC)CC(C)N1c1ncc(CN(C)C[C@H]2CC[C@@H](C(=O)N[C@H](C(=O)N3C[C@H](O)C[C@H]3C(=O)NCc3ccc(-c4scnc4C)cc3)C(C)(C)C)CC2)cn1. The van der Waals surface area contributed by atoms with Crippen molar-refractivity contribution in [1.82, 2.24) is 45.6 Å². The van der Waals surface area contributed by atoms with Crippen LogP contribution >= 0.6 is 11.3 Å². The summed E-state index contributed by atoms with van der Waals surface area (Å²) < 4.78 is 0. The number of phenolic OH excluding ortho intramolecular Hbond substituents is 1. The summed E-state index contributed by atoms with van der Waals surface area (Å²) in [7, 11) is 3.89. The number of rotatable bonds is 17. The number of nitrogens with two attached hydrogens (primary N) is 2. The Morgan fingerprint density at radius 2 is 1.65 bits per heavy atom. The highest BCUT2D eigenvalue weighted by molar-refractivity contribution is 7.13. The third-order valence-corrected chi connectivity index (χ3v) is 15.5. The van der Waals surface area contributed by atoms with Crippen LogP contribution in [0.5, 0.6) is 5.75 Å². The van der Waals surface area contributed by atoms with E-state index in [9.17, 15) is 24.6 Å². The molecular weight excluding hydrogens is 929 g/mol. The molecule has 2 aromatic carbocycles. The molecule has 0 radical (unpaired) electrons. The number of hydrogen-bond acceptors (Lipinski definition) is 15. The number of benzene rings is 2. The van der Waals surface area contributed by atoms with Gasteiger partial charge in [-0.3, -0.25) is 14.4 Å². The minimum absolute atomic E-state index is 0.0264. The second-order valence-corrected chi connectivity index (χ2v) is 21.9. The molecule has 2 aromatic heterocycles. The first-order valence-electron chi connectivity index (χ1n) is 25.4. The Morgan fingerprint density at radius 1 is 0.958 bits per heavy atom. The highest BCUT2D eigenvalue weighted by atomic mass is 32.1. The molecule has 2 saturated heterocycles. The number of likely N-dealkylation sites (tertiary alicyclic amines) is 1. The minimum Gasteiger partial charge on any atom is -0.507 e. The van der Waals surface area contributed by atoms with Gasteiger partial charge in [0, 0.05) is 100.0 Å². The van der Waals surface area contributed by atoms with Gasteiger partial charge in [0.05, 0.1) is 27.9 Å². The molecule has 7 rings (SSSR count). The largest absolute Gasteiger partial charge is 0.507 e. The number of hydrogen-bond donors (Lipinski definition) is 7. The highest BCUT2D eigenvalue weighted by Crippen LogP contribution is 2.33. The third kappa shape index (κ3) is 12.9. The van der Waals surface area contributed by atoms with E-state index in [1.165, 1.54) is 4.90 Å². The first-order valence-corrected chi connectivity index (χ1v) is 26.2. The minimum atomic E-state index is -0.872. The Bertz CT molecular complexity index is 2550. The van der Waals surface area contributed by atoms with Gasteiger partial charge >= 0.3 is 0 Å². The predicted octanol–water partition coefficient (Wildman–Crippen LogP) is 5.30. The number of nitrogens with zero attached hydrogens (tertiary/aromatic N) is 7. The number of carbonyl (C=O) groups excluding carboxylic acids is 3. The third-order valence-electron chi connectivity index (χ3n) is 14.5. The number of aliphatic hydroxyl groups is 1. The summed E-state index contributed by atoms with van der Waals surface area (Å²) in [5, 5.41) is 30.3. The van der Waals surface area contributed by atoms with Crippen LogP contribution in [0.25, 0.3) is 16.1 Å². The number of nitrogens with one attached hydrogen (secondary N) is 3. The van der Waals surface area contributed by atoms with Crippen LogP contribution in [-0.2, 0) is 27.5 Å². The first-order chi connectivity index (χ1) is 34.3. The van der Waals surface area contributed by atoms with Gasteiger partial charge in [0.25, 0.3) is 0 Å². The van der Waals surface area contributed by atoms with Gasteiger partial charge in [0.15, 0.2) is 0 Å². The summed E-state index contributed by atoms with van der Waals surface area (Å²) in [6.45, 7) is 15.2. The van der Waals surface area contributed by atoms with Gasteiger partial charge < -0.3 is 57.2 Å². The van der Waals surface area contributed by atoms with Gasteiger partial charge in [-0.2, -0.15) is 0 Å². The summed E-state index contributed by atoms with van der Waals surface area (Å²) >= 11 is 1.59. The van der Waals surface area contributed by atoms with Crippen molar-refractivity contribution in [3.8, 4) is 16.2 Å². The zero-order valence-corrected chi connectivity index (χ0v) is 44.1. The van der Waals surface area contributed by atoms with Gasteiger partial charge in [0.2, 0.25) is 23.7 Å². The fraction of sp³-hybridized carbons (Fsp3) is 0.519. The molecule has 18 heteroatoms. The van der Waals surface area contributed by atoms with Gasteiger partial charge in [-0.1, -0.05) is 64.1 Å². The normalized spacial score (nSPS) is 22.6. The quantitative estimate of drug-likeness (QED) is 0.0667. The number of piperazine rings is 1. The van der Waals surface area contributed by atoms with E-state index in [2.05, 4.69) is 56.5 Å². The van der Waals surface area contributed by atoms with Crippen molar-refractivity contribution < 1.29 is 24.6 Å². The smallest absolute Gasteiger partial charge is 0.246 e. The standard InChI is InChI=1S/C54H76N12O5S/c1-9-40-30-64(44(49(56)57-7)23-43(55)42-12-10-11-13-46(42)68)27-33(2)66(40)53-59-25-37(26-60-53)29-63(8)28-36-16-20-39(21-17-36)50(69)62-48(54(4,5)6)52(71)65-31-41(67)22-45(65)51(70)58-24-35-14-18-38(19-15-35)47-34(3)61-32-72-47/h10-15,18-19,23,25-26,32-33,36,39-41,45,48,57,67-68H,9,16-17,20-22,24,27-31,55-56H2,1-8H3,(H,58,70)(H,62,69)/b43-23-,49-44+/t33?,36-,39+,40?,41-,45+,48-/m1/s1. The maximum atomic E-state index is 14.3. The summed E-state index contributed by atoms with van der Waals surface area (Å²) in [5.74, 6) is 0.631. The Hall–Kier alpha value is -6.24. The second kappa shape index (κ2) is 23.5. The van der Waals surface area contributed by atoms with Crippen LogP contribution in [0.1, 0.15) is 95.5 Å². The Kier molecular flexibility index (Phi) is 17.5. The number of β-amino-alcohol motifs (C(OH)–C–C–N with tert-alkyl or cyclic N) is 1. The van der Waals surface area contributed by atoms with Gasteiger partial charge in [-0.05, 0) is 93.7 Å². The molecule has 17 nitrogen and oxygen atoms in total. The van der Waals surface area contributed by atoms with Gasteiger partial charge in [-0.25, -0.2) is 15.0 Å². The highest BCUT2D eigenvalue weighted by Gasteiger charge is 2.45. The van der Waals surface area contributed by atoms with Crippen molar-refractivity contribution in [3.05, 3.63) is 106 Å². The number of phenols is 1. The lowest BCUT2D eigenvalue weighted by molar-refractivity contribution is -0.144. The molecule has 1 saturated carbocycles. The van der Waals surface area contributed by atoms with Gasteiger partial charge in [-0.15, -0.1) is 11.3 Å². The molecule has 4 aromatic rings. The van der Waals surface area contributed by atoms with E-state index in [0.717, 1.165) is 58.8 Å². The van der Waals surface area contributed by atoms with Crippen LogP contribution < -0.4 is 32.3 Å². The molecule has 72 heavy (non-hydrogen) atoms. The van der Waals surface area contributed by atoms with E-state index in [4.69, 9.17) is 21.4 Å². The number of para-hydroxylation sites is 1. The molecule has 9 N–H and O–H groups in total. The molecule has 2 unspecified atom stereocenters. The molecule has 388 valence electrons. The average molecular weight is 1010 g/mol. The second-order valence-electron chi connectivity index (χ2n) is 21.1. The number of carbonyl (C=O) groups is 3. The fourth-order valence-corrected chi connectivity index (χ4v) is 11.3. The van der Waals surface area contributed by atoms with Crippen molar-refractivity contribution >= 4 is 40.7 Å². The monoisotopic (exact) mass is 1000 g/mol. The van der Waals surface area contributed by atoms with Crippen LogP contribution in [0, 0.1) is 24.2 Å². The Labute approximate surface area is 429 Å². The lowest BCUT2D eigenvalue weighted by Gasteiger charge is -2.47. The lowest BCUT2D eigenvalue weighted by atomic mass is 9.80. The number of aryl methyl sites for hydroxylation is 1. The van der Waals surface area contributed by atoms with Crippen molar-refractivity contribution in [2.24, 2.45) is 28.7 Å². The number of amides is 3. The van der Waals surface area contributed by atoms with E-state index in [0.29, 0.717) is 61.4 Å². The van der Waals surface area contributed by atoms with Crippen molar-refractivity contribution in [3.63, 3.8) is 0 Å². The fourth-order valence-electron chi connectivity index (χ4n) is 10.5. The average Bonchev–Trinajstić information content (AvgIpc) is 3.98. The Balaban J connectivity index is 0.886. The summed E-state index contributed by atoms with van der Waals surface area (Å²) in [4.78, 5) is 65.3. The van der Waals surface area contributed by atoms with E-state index < -0.39 is 23.6 Å². The van der Waals surface area contributed by atoms with Crippen molar-refractivity contribution in [1.29, 1.82) is 0 Å². The number of aliphatic hydroxyl groups excluding tert-OH is 1. The number of allylic oxidation sites excluding steroid dienone is 1. The van der Waals surface area contributed by atoms with Crippen LogP contribution in [0.2, 0.25) is 0 Å². The molecule has 3 aliphatic rings. The maximum Gasteiger partial charge on any atom is 0.246 e. The molecule has 0 bridgehead atoms. The predicted molar refractivity (Wildman–Crippen MR) is 284 cm³/mol. The molecule has 4 heterocycles. The van der Waals surface area contributed by atoms with Gasteiger partial charge in [0.1, 0.15) is 23.7 Å². The number of aromatic hydroxyl groups is 1. The molecule has 1 aliphatic carbocycles. The topological polar surface area (TPSA) is 231 Å². The molecular formula is C54H76N12O5S.